The molecular weight excluding hydrogens is 810 g/mol. The summed E-state index contributed by atoms with van der Waals surface area (Å²) in [5, 5.41) is 47.0. The molecule has 0 spiro atoms. The number of aromatic nitrogens is 1. The number of carboxylic acids is 5. The van der Waals surface area contributed by atoms with Gasteiger partial charge < -0.3 is 53.6 Å². The molecule has 0 unspecified atom stereocenters. The van der Waals surface area contributed by atoms with Gasteiger partial charge in [-0.05, 0) is 36.8 Å². The third-order valence-electron chi connectivity index (χ3n) is 6.22. The van der Waals surface area contributed by atoms with E-state index in [1.54, 1.807) is 19.1 Å². The number of fused-ring (bicyclic) bond motifs is 1. The first-order chi connectivity index (χ1) is 21.8. The minimum Gasteiger partial charge on any atom is -0.488 e. The van der Waals surface area contributed by atoms with E-state index in [1.165, 1.54) is 24.3 Å². The molecule has 17 nitrogen and oxygen atoms in total. The summed E-state index contributed by atoms with van der Waals surface area (Å²) in [6.45, 7) is -1.20. The number of hydrogen-bond donors (Lipinski definition) is 5. The van der Waals surface area contributed by atoms with E-state index in [0.29, 0.717) is 5.39 Å². The van der Waals surface area contributed by atoms with Gasteiger partial charge in [0.15, 0.2) is 5.76 Å². The molecule has 0 fully saturated rings. The number of carboxylic acid groups (broad SMARTS) is 5. The summed E-state index contributed by atoms with van der Waals surface area (Å²) >= 11 is 0. The van der Waals surface area contributed by atoms with Crippen molar-refractivity contribution >= 4 is 309 Å². The maximum absolute atomic E-state index is 11.6. The molecule has 22 heteroatoms. The van der Waals surface area contributed by atoms with Crippen molar-refractivity contribution in [3.63, 3.8) is 0 Å². The zero-order valence-electron chi connectivity index (χ0n) is 29.0. The fraction of sp³-hybridized carbons (Fsp3) is 0.241. The number of anilines is 2. The topological polar surface area (TPSA) is 251 Å². The van der Waals surface area contributed by atoms with E-state index in [2.05, 4.69) is 4.98 Å². The Morgan fingerprint density at radius 1 is 0.667 bits per heavy atom. The molecule has 247 valence electrons. The van der Waals surface area contributed by atoms with Crippen molar-refractivity contribution < 1.29 is 67.8 Å². The monoisotopic (exact) mass is 836 g/mol. The molecule has 0 bridgehead atoms. The van der Waals surface area contributed by atoms with Crippen LogP contribution in [0.3, 0.4) is 0 Å². The minimum atomic E-state index is -1.35. The van der Waals surface area contributed by atoms with Gasteiger partial charge in [0, 0.05) is 268 Å². The fourth-order valence-electron chi connectivity index (χ4n) is 4.42. The number of benzene rings is 2. The van der Waals surface area contributed by atoms with Gasteiger partial charge in [0.2, 0.25) is 5.76 Å². The molecule has 2 heterocycles. The molecule has 0 aliphatic rings. The van der Waals surface area contributed by atoms with Crippen molar-refractivity contribution in [2.45, 2.75) is 6.92 Å². The Bertz CT molecular complexity index is 1780. The van der Waals surface area contributed by atoms with Crippen LogP contribution in [0.4, 0.5) is 11.4 Å². The van der Waals surface area contributed by atoms with Gasteiger partial charge in [0.1, 0.15) is 56.5 Å². The SMILES string of the molecule is Cc1ccc(N(CC(=O)O)CC(=O)O)c(OCCOc2cc3cc(-c4ncc(C(=O)O)o4)oc3cc2N(CC(=O)O)CC(=O)O)c1.[K].[K].[K].[K].[K]. The van der Waals surface area contributed by atoms with Crippen LogP contribution in [0, 0.1) is 6.92 Å². The van der Waals surface area contributed by atoms with E-state index in [9.17, 15) is 44.4 Å². The Labute approximate surface area is 503 Å². The summed E-state index contributed by atoms with van der Waals surface area (Å²) in [4.78, 5) is 63.1. The normalized spacial score (nSPS) is 9.75. The van der Waals surface area contributed by atoms with Gasteiger partial charge in [-0.1, -0.05) is 6.07 Å². The van der Waals surface area contributed by atoms with Crippen LogP contribution in [0.15, 0.2) is 51.4 Å². The molecule has 4 aromatic rings. The first-order valence-electron chi connectivity index (χ1n) is 13.3. The number of aryl methyl sites for hydroxylation is 1. The number of furan rings is 1. The first-order valence-corrected chi connectivity index (χ1v) is 13.3. The van der Waals surface area contributed by atoms with Gasteiger partial charge in [-0.15, -0.1) is 0 Å². The van der Waals surface area contributed by atoms with Crippen LogP contribution >= 0.6 is 0 Å². The van der Waals surface area contributed by atoms with Crippen LogP contribution < -0.4 is 19.3 Å². The quantitative estimate of drug-likeness (QED) is 0.0721. The molecule has 5 N–H and O–H groups in total. The number of ether oxygens (including phenoxy) is 2. The summed E-state index contributed by atoms with van der Waals surface area (Å²) < 4.78 is 22.7. The Kier molecular flexibility index (Phi) is 28.9. The van der Waals surface area contributed by atoms with E-state index in [4.69, 9.17) is 23.4 Å². The van der Waals surface area contributed by atoms with Gasteiger partial charge >= 0.3 is 29.8 Å². The molecule has 0 amide bonds. The molecule has 5 radical (unpaired) electrons. The van der Waals surface area contributed by atoms with Crippen LogP contribution in [-0.4, -0.2) is 357 Å². The van der Waals surface area contributed by atoms with Crippen molar-refractivity contribution in [3.8, 4) is 23.1 Å². The molecule has 2 aromatic carbocycles. The van der Waals surface area contributed by atoms with E-state index in [0.717, 1.165) is 21.6 Å². The number of aliphatic carboxylic acids is 4. The van der Waals surface area contributed by atoms with E-state index in [1.807, 2.05) is 0 Å². The Hall–Kier alpha value is 1.92. The molecule has 0 aliphatic carbocycles. The van der Waals surface area contributed by atoms with Crippen LogP contribution in [0.2, 0.25) is 0 Å². The molecule has 0 aliphatic heterocycles. The van der Waals surface area contributed by atoms with Crippen molar-refractivity contribution in [2.24, 2.45) is 0 Å². The summed E-state index contributed by atoms with van der Waals surface area (Å²) in [5.74, 6) is -6.80. The summed E-state index contributed by atoms with van der Waals surface area (Å²) in [6, 6.07) is 9.07. The molecule has 2 aromatic heterocycles. The standard InChI is InChI=1S/C29H27N3O14.5K/c1-15-2-3-17(31(11-24(33)34)12-25(35)36)20(6-15)43-4-5-44-21-7-16-8-22(28-30-10-23(46-28)29(41)42)45-19(16)9-18(21)32(13-26(37)38)14-27(39)40;;;;;/h2-3,6-10H,4-5,11-14H2,1H3,(H,33,34)(H,35,36)(H,37,38)(H,39,40)(H,41,42);;;;;. The number of nitrogens with zero attached hydrogens (tertiary/aromatic N) is 3. The van der Waals surface area contributed by atoms with Crippen molar-refractivity contribution in [2.75, 3.05) is 49.2 Å². The predicted octanol–water partition coefficient (Wildman–Crippen LogP) is 0.599. The zero-order valence-corrected chi connectivity index (χ0v) is 44.7. The second-order valence-electron chi connectivity index (χ2n) is 9.76. The number of oxazole rings is 1. The van der Waals surface area contributed by atoms with Crippen molar-refractivity contribution in [1.29, 1.82) is 0 Å². The summed E-state index contributed by atoms with van der Waals surface area (Å²) in [6.07, 6.45) is 0.995. The average Bonchev–Trinajstić information content (AvgIpc) is 3.61. The van der Waals surface area contributed by atoms with Gasteiger partial charge in [-0.2, -0.15) is 0 Å². The van der Waals surface area contributed by atoms with Gasteiger partial charge in [-0.25, -0.2) is 9.78 Å². The van der Waals surface area contributed by atoms with Crippen LogP contribution in [0.1, 0.15) is 16.1 Å². The van der Waals surface area contributed by atoms with E-state index in [-0.39, 0.29) is 310 Å². The summed E-state index contributed by atoms with van der Waals surface area (Å²) in [5.41, 5.74) is 1.16. The second kappa shape index (κ2) is 26.8. The number of aromatic carboxylic acids is 1. The number of carbonyl (C=O) groups is 5. The number of rotatable bonds is 17. The predicted molar refractivity (Wildman–Crippen MR) is 185 cm³/mol. The van der Waals surface area contributed by atoms with Crippen LogP contribution in [0.25, 0.3) is 22.6 Å². The minimum absolute atomic E-state index is 0. The zero-order chi connectivity index (χ0) is 33.5. The molecule has 0 saturated heterocycles. The van der Waals surface area contributed by atoms with Gasteiger partial charge in [0.25, 0.3) is 5.89 Å². The van der Waals surface area contributed by atoms with E-state index >= 15 is 0 Å². The molecule has 0 saturated carbocycles. The average molecular weight is 837 g/mol. The first kappa shape index (κ1) is 55.0. The van der Waals surface area contributed by atoms with Crippen LogP contribution in [-0.2, 0) is 19.2 Å². The van der Waals surface area contributed by atoms with Gasteiger partial charge in [0.05, 0.1) is 17.6 Å². The van der Waals surface area contributed by atoms with Gasteiger partial charge in [-0.3, -0.25) is 19.2 Å². The molecule has 4 rings (SSSR count). The Morgan fingerprint density at radius 3 is 1.63 bits per heavy atom. The fourth-order valence-corrected chi connectivity index (χ4v) is 4.42. The van der Waals surface area contributed by atoms with Crippen molar-refractivity contribution in [3.05, 3.63) is 53.9 Å². The Morgan fingerprint density at radius 2 is 1.16 bits per heavy atom. The third-order valence-corrected chi connectivity index (χ3v) is 6.22. The smallest absolute Gasteiger partial charge is 0.373 e. The number of hydrogen-bond acceptors (Lipinski definition) is 12. The Balaban J connectivity index is 0. The maximum Gasteiger partial charge on any atom is 0.373 e. The summed E-state index contributed by atoms with van der Waals surface area (Å²) in [7, 11) is 0. The largest absolute Gasteiger partial charge is 0.488 e. The third kappa shape index (κ3) is 17.1. The maximum atomic E-state index is 11.6. The molecular formula is C29H27K5N3O14. The van der Waals surface area contributed by atoms with Crippen LogP contribution in [0.5, 0.6) is 11.5 Å². The van der Waals surface area contributed by atoms with E-state index < -0.39 is 61.8 Å². The van der Waals surface area contributed by atoms with Crippen molar-refractivity contribution in [1.82, 2.24) is 4.98 Å². The second-order valence-corrected chi connectivity index (χ2v) is 9.76. The molecule has 0 atom stereocenters. The molecule has 51 heavy (non-hydrogen) atoms.